The highest BCUT2D eigenvalue weighted by molar-refractivity contribution is 14.1. The lowest BCUT2D eigenvalue weighted by atomic mass is 10.1. The van der Waals surface area contributed by atoms with Crippen LogP contribution in [0.5, 0.6) is 0 Å². The molecule has 148 valence electrons. The number of allylic oxidation sites excluding steroid dienone is 1. The predicted molar refractivity (Wildman–Crippen MR) is 127 cm³/mol. The van der Waals surface area contributed by atoms with E-state index in [1.165, 1.54) is 0 Å². The van der Waals surface area contributed by atoms with Crippen LogP contribution in [-0.4, -0.2) is 28.8 Å². The zero-order valence-electron chi connectivity index (χ0n) is 18.2. The van der Waals surface area contributed by atoms with Crippen LogP contribution in [0.3, 0.4) is 0 Å². The Morgan fingerprint density at radius 3 is 1.72 bits per heavy atom. The molecule has 0 saturated carbocycles. The summed E-state index contributed by atoms with van der Waals surface area (Å²) in [5.74, 6) is 0. The van der Waals surface area contributed by atoms with E-state index < -0.39 is 16.6 Å². The quantitative estimate of drug-likeness (QED) is 0.185. The number of hydrogen-bond acceptors (Lipinski definition) is 2. The molecule has 25 heavy (non-hydrogen) atoms. The van der Waals surface area contributed by atoms with Gasteiger partial charge in [0.1, 0.15) is 0 Å². The van der Waals surface area contributed by atoms with E-state index in [1.54, 1.807) is 0 Å². The fourth-order valence-corrected chi connectivity index (χ4v) is 4.97. The lowest BCUT2D eigenvalue weighted by molar-refractivity contribution is 0.0585. The minimum Gasteiger partial charge on any atom is -0.411 e. The van der Waals surface area contributed by atoms with Crippen molar-refractivity contribution in [3.8, 4) is 0 Å². The Balaban J connectivity index is 5.51. The number of rotatable bonds is 9. The maximum Gasteiger partial charge on any atom is 0.193 e. The maximum absolute atomic E-state index is 6.79. The molecule has 0 fully saturated rings. The van der Waals surface area contributed by atoms with Crippen LogP contribution in [-0.2, 0) is 8.85 Å². The minimum absolute atomic E-state index is 0.0439. The molecule has 5 heteroatoms. The van der Waals surface area contributed by atoms with E-state index in [0.717, 1.165) is 12.8 Å². The maximum atomic E-state index is 6.79. The molecule has 0 unspecified atom stereocenters. The van der Waals surface area contributed by atoms with Gasteiger partial charge in [0.2, 0.25) is 0 Å². The van der Waals surface area contributed by atoms with E-state index in [1.807, 2.05) is 6.08 Å². The van der Waals surface area contributed by atoms with Crippen molar-refractivity contribution in [2.45, 2.75) is 103 Å². The van der Waals surface area contributed by atoms with Gasteiger partial charge in [0.05, 0.1) is 12.2 Å². The largest absolute Gasteiger partial charge is 0.411 e. The first-order chi connectivity index (χ1) is 11.1. The van der Waals surface area contributed by atoms with Gasteiger partial charge < -0.3 is 8.85 Å². The van der Waals surface area contributed by atoms with Crippen LogP contribution in [0, 0.1) is 0 Å². The molecule has 0 aromatic carbocycles. The summed E-state index contributed by atoms with van der Waals surface area (Å²) in [6.45, 7) is 27.0. The van der Waals surface area contributed by atoms with Crippen molar-refractivity contribution in [1.82, 2.24) is 0 Å². The second kappa shape index (κ2) is 9.67. The fraction of sp³-hybridized carbons (Fsp3) is 0.800. The third kappa shape index (κ3) is 7.99. The average molecular weight is 497 g/mol. The van der Waals surface area contributed by atoms with Crippen LogP contribution >= 0.6 is 22.6 Å². The van der Waals surface area contributed by atoms with Gasteiger partial charge in [-0.1, -0.05) is 76.3 Å². The normalized spacial score (nSPS) is 16.9. The van der Waals surface area contributed by atoms with Gasteiger partial charge in [0, 0.05) is 0 Å². The Morgan fingerprint density at radius 1 is 0.920 bits per heavy atom. The molecule has 0 aliphatic heterocycles. The molecule has 0 saturated heterocycles. The van der Waals surface area contributed by atoms with Crippen LogP contribution in [0.1, 0.15) is 54.4 Å². The second-order valence-corrected chi connectivity index (χ2v) is 20.2. The Kier molecular flexibility index (Phi) is 9.88. The van der Waals surface area contributed by atoms with Gasteiger partial charge in [0.25, 0.3) is 0 Å². The monoisotopic (exact) mass is 496 g/mol. The van der Waals surface area contributed by atoms with E-state index in [0.29, 0.717) is 0 Å². The van der Waals surface area contributed by atoms with Gasteiger partial charge in [-0.05, 0) is 53.2 Å². The fourth-order valence-electron chi connectivity index (χ4n) is 1.96. The smallest absolute Gasteiger partial charge is 0.193 e. The van der Waals surface area contributed by atoms with Crippen molar-refractivity contribution >= 4 is 39.2 Å². The van der Waals surface area contributed by atoms with E-state index in [9.17, 15) is 0 Å². The molecule has 0 rings (SSSR count). The molecule has 2 nitrogen and oxygen atoms in total. The Bertz CT molecular complexity index is 446. The molecule has 0 radical (unpaired) electrons. The molecule has 0 heterocycles. The van der Waals surface area contributed by atoms with E-state index >= 15 is 0 Å². The highest BCUT2D eigenvalue weighted by atomic mass is 127. The Morgan fingerprint density at radius 2 is 1.36 bits per heavy atom. The van der Waals surface area contributed by atoms with Gasteiger partial charge in [-0.2, -0.15) is 0 Å². The van der Waals surface area contributed by atoms with Crippen LogP contribution in [0.2, 0.25) is 36.3 Å². The Labute approximate surface area is 173 Å². The summed E-state index contributed by atoms with van der Waals surface area (Å²) in [5, 5.41) is 0.366. The highest BCUT2D eigenvalue weighted by Crippen LogP contribution is 2.41. The number of hydrogen-bond donors (Lipinski definition) is 0. The SMILES string of the molecule is C=C[C@H](O[Si](C)(C)C(C)(C)C)[C@H](CC/C=C/I)O[Si](C)(C)C(C)(C)C. The summed E-state index contributed by atoms with van der Waals surface area (Å²) in [6.07, 6.45) is 6.17. The topological polar surface area (TPSA) is 18.5 Å². The van der Waals surface area contributed by atoms with Gasteiger partial charge in [-0.3, -0.25) is 0 Å². The predicted octanol–water partition coefficient (Wildman–Crippen LogP) is 7.68. The van der Waals surface area contributed by atoms with E-state index in [4.69, 9.17) is 8.85 Å². The zero-order chi connectivity index (χ0) is 20.1. The molecule has 0 spiro atoms. The second-order valence-electron chi connectivity index (χ2n) is 9.93. The first-order valence-electron chi connectivity index (χ1n) is 9.32. The van der Waals surface area contributed by atoms with Crippen LogP contribution < -0.4 is 0 Å². The average Bonchev–Trinajstić information content (AvgIpc) is 2.41. The molecule has 0 aromatic heterocycles. The molecular weight excluding hydrogens is 455 g/mol. The van der Waals surface area contributed by atoms with Gasteiger partial charge in [-0.15, -0.1) is 6.58 Å². The molecule has 0 bridgehead atoms. The highest BCUT2D eigenvalue weighted by Gasteiger charge is 2.43. The molecule has 2 atom stereocenters. The molecule has 0 aliphatic carbocycles. The summed E-state index contributed by atoms with van der Waals surface area (Å²) >= 11 is 2.28. The van der Waals surface area contributed by atoms with E-state index in [-0.39, 0.29) is 22.3 Å². The molecular formula is C20H41IO2Si2. The third-order valence-electron chi connectivity index (χ3n) is 5.79. The minimum atomic E-state index is -1.88. The lowest BCUT2D eigenvalue weighted by Crippen LogP contribution is -2.51. The standard InChI is InChI=1S/C20H41IO2Si2/c1-12-17(22-24(8,9)19(2,3)4)18(15-13-14-16-21)23-25(10,11)20(5,6)7/h12,14,16-18H,1,13,15H2,2-11H3/b16-14+/t17-,18-/m0/s1. The first-order valence-corrected chi connectivity index (χ1v) is 16.4. The molecule has 0 aromatic rings. The van der Waals surface area contributed by atoms with Crippen molar-refractivity contribution in [2.24, 2.45) is 0 Å². The molecule has 0 aliphatic rings. The van der Waals surface area contributed by atoms with Crippen LogP contribution in [0.15, 0.2) is 22.8 Å². The summed E-state index contributed by atoms with van der Waals surface area (Å²) in [5.41, 5.74) is 0. The summed E-state index contributed by atoms with van der Waals surface area (Å²) in [7, 11) is -3.74. The van der Waals surface area contributed by atoms with Gasteiger partial charge in [-0.25, -0.2) is 0 Å². The first kappa shape index (κ1) is 25.6. The third-order valence-corrected chi connectivity index (χ3v) is 15.3. The summed E-state index contributed by atoms with van der Waals surface area (Å²) in [4.78, 5) is 0. The van der Waals surface area contributed by atoms with Crippen molar-refractivity contribution in [1.29, 1.82) is 0 Å². The number of halogens is 1. The van der Waals surface area contributed by atoms with Crippen molar-refractivity contribution in [3.05, 3.63) is 22.8 Å². The zero-order valence-corrected chi connectivity index (χ0v) is 22.4. The summed E-state index contributed by atoms with van der Waals surface area (Å²) < 4.78 is 15.6. The lowest BCUT2D eigenvalue weighted by Gasteiger charge is -2.44. The Hall–Kier alpha value is 0.564. The summed E-state index contributed by atoms with van der Waals surface area (Å²) in [6, 6.07) is 0. The van der Waals surface area contributed by atoms with Crippen molar-refractivity contribution in [2.75, 3.05) is 0 Å². The van der Waals surface area contributed by atoms with Crippen LogP contribution in [0.4, 0.5) is 0 Å². The van der Waals surface area contributed by atoms with Crippen LogP contribution in [0.25, 0.3) is 0 Å². The van der Waals surface area contributed by atoms with Gasteiger partial charge >= 0.3 is 0 Å². The molecule has 0 amide bonds. The molecule has 0 N–H and O–H groups in total. The van der Waals surface area contributed by atoms with E-state index in [2.05, 4.69) is 107 Å². The van der Waals surface area contributed by atoms with Crippen molar-refractivity contribution < 1.29 is 8.85 Å². The van der Waals surface area contributed by atoms with Gasteiger partial charge in [0.15, 0.2) is 16.6 Å². The van der Waals surface area contributed by atoms with Crippen molar-refractivity contribution in [3.63, 3.8) is 0 Å².